The summed E-state index contributed by atoms with van der Waals surface area (Å²) in [5.41, 5.74) is 2.98. The molecule has 1 aliphatic heterocycles. The van der Waals surface area contributed by atoms with E-state index in [1.807, 2.05) is 38.1 Å². The first-order chi connectivity index (χ1) is 11.5. The van der Waals surface area contributed by atoms with Crippen LogP contribution in [0.4, 0.5) is 0 Å². The van der Waals surface area contributed by atoms with Gasteiger partial charge in [-0.2, -0.15) is 5.01 Å². The minimum Gasteiger partial charge on any atom is -0.484 e. The second kappa shape index (κ2) is 6.70. The van der Waals surface area contributed by atoms with Gasteiger partial charge in [0.1, 0.15) is 5.75 Å². The average molecular weight is 325 g/mol. The van der Waals surface area contributed by atoms with Crippen molar-refractivity contribution < 1.29 is 14.3 Å². The van der Waals surface area contributed by atoms with Crippen LogP contribution in [-0.4, -0.2) is 28.4 Å². The Kier molecular flexibility index (Phi) is 4.46. The average Bonchev–Trinajstić information content (AvgIpc) is 2.99. The van der Waals surface area contributed by atoms with E-state index < -0.39 is 6.23 Å². The minimum atomic E-state index is -0.603. The largest absolute Gasteiger partial charge is 0.484 e. The molecular formula is C18H19N3O3. The normalized spacial score (nSPS) is 16.5. The fourth-order valence-electron chi connectivity index (χ4n) is 2.51. The number of aromatic nitrogens is 1. The molecule has 0 bridgehead atoms. The predicted molar refractivity (Wildman–Crippen MR) is 89.4 cm³/mol. The summed E-state index contributed by atoms with van der Waals surface area (Å²) in [5.74, 6) is 0.926. The molecule has 2 heterocycles. The molecule has 3 rings (SSSR count). The maximum Gasteiger partial charge on any atom is 0.247 e. The Hall–Kier alpha value is -2.89. The van der Waals surface area contributed by atoms with Crippen LogP contribution in [0.15, 0.2) is 47.8 Å². The Morgan fingerprint density at radius 3 is 2.83 bits per heavy atom. The van der Waals surface area contributed by atoms with Crippen LogP contribution in [0.25, 0.3) is 0 Å². The Balaban J connectivity index is 1.72. The van der Waals surface area contributed by atoms with Crippen LogP contribution >= 0.6 is 0 Å². The summed E-state index contributed by atoms with van der Waals surface area (Å²) in [6.07, 6.45) is 2.72. The molecule has 0 spiro atoms. The van der Waals surface area contributed by atoms with Crippen LogP contribution in [0.2, 0.25) is 0 Å². The molecule has 24 heavy (non-hydrogen) atoms. The van der Waals surface area contributed by atoms with Crippen LogP contribution in [0.1, 0.15) is 29.8 Å². The van der Waals surface area contributed by atoms with Gasteiger partial charge < -0.3 is 9.47 Å². The standard InChI is InChI=1S/C18H19N3O3/c1-12-6-7-16(13(2)9-12)23-11-17-20-21(14(3)22)18(24-17)15-5-4-8-19-10-15/h4-10,18H,11H2,1-3H3. The topological polar surface area (TPSA) is 64.0 Å². The molecule has 6 nitrogen and oxygen atoms in total. The number of rotatable bonds is 4. The molecule has 0 radical (unpaired) electrons. The molecule has 124 valence electrons. The fraction of sp³-hybridized carbons (Fsp3) is 0.278. The van der Waals surface area contributed by atoms with Crippen molar-refractivity contribution in [2.24, 2.45) is 5.10 Å². The molecule has 1 aromatic heterocycles. The highest BCUT2D eigenvalue weighted by molar-refractivity contribution is 5.83. The lowest BCUT2D eigenvalue weighted by Gasteiger charge is -2.18. The van der Waals surface area contributed by atoms with E-state index >= 15 is 0 Å². The van der Waals surface area contributed by atoms with E-state index in [0.717, 1.165) is 16.9 Å². The number of hydrazone groups is 1. The second-order valence-corrected chi connectivity index (χ2v) is 5.67. The van der Waals surface area contributed by atoms with Crippen LogP contribution < -0.4 is 4.74 Å². The van der Waals surface area contributed by atoms with Crippen LogP contribution in [0, 0.1) is 13.8 Å². The smallest absolute Gasteiger partial charge is 0.247 e. The van der Waals surface area contributed by atoms with Gasteiger partial charge >= 0.3 is 0 Å². The highest BCUT2D eigenvalue weighted by Gasteiger charge is 2.32. The van der Waals surface area contributed by atoms with E-state index in [0.29, 0.717) is 5.90 Å². The third-order valence-electron chi connectivity index (χ3n) is 3.66. The number of carbonyl (C=O) groups excluding carboxylic acids is 1. The molecule has 6 heteroatoms. The van der Waals surface area contributed by atoms with Crippen molar-refractivity contribution >= 4 is 11.8 Å². The molecule has 2 aromatic rings. The quantitative estimate of drug-likeness (QED) is 0.867. The number of pyridine rings is 1. The Labute approximate surface area is 140 Å². The minimum absolute atomic E-state index is 0.157. The summed E-state index contributed by atoms with van der Waals surface area (Å²) >= 11 is 0. The molecule has 1 unspecified atom stereocenters. The molecule has 1 atom stereocenters. The summed E-state index contributed by atoms with van der Waals surface area (Å²) in [4.78, 5) is 15.9. The number of benzene rings is 1. The first kappa shape index (κ1) is 16.0. The first-order valence-electron chi connectivity index (χ1n) is 7.68. The lowest BCUT2D eigenvalue weighted by Crippen LogP contribution is -2.25. The molecule has 0 saturated heterocycles. The molecular weight excluding hydrogens is 306 g/mol. The number of hydrogen-bond donors (Lipinski definition) is 0. The number of carbonyl (C=O) groups is 1. The van der Waals surface area contributed by atoms with E-state index in [-0.39, 0.29) is 12.5 Å². The third kappa shape index (κ3) is 3.37. The maximum absolute atomic E-state index is 11.8. The lowest BCUT2D eigenvalue weighted by atomic mass is 10.1. The Morgan fingerprint density at radius 2 is 2.17 bits per heavy atom. The number of ether oxygens (including phenoxy) is 2. The van der Waals surface area contributed by atoms with E-state index in [9.17, 15) is 4.79 Å². The Morgan fingerprint density at radius 1 is 1.33 bits per heavy atom. The monoisotopic (exact) mass is 325 g/mol. The highest BCUT2D eigenvalue weighted by atomic mass is 16.6. The molecule has 0 aliphatic carbocycles. The zero-order chi connectivity index (χ0) is 17.1. The number of nitrogens with zero attached hydrogens (tertiary/aromatic N) is 3. The molecule has 0 fully saturated rings. The second-order valence-electron chi connectivity index (χ2n) is 5.67. The molecule has 0 saturated carbocycles. The van der Waals surface area contributed by atoms with Gasteiger partial charge in [0, 0.05) is 24.9 Å². The van der Waals surface area contributed by atoms with Gasteiger partial charge in [0.15, 0.2) is 6.61 Å². The molecule has 1 aromatic carbocycles. The van der Waals surface area contributed by atoms with Gasteiger partial charge in [-0.25, -0.2) is 0 Å². The van der Waals surface area contributed by atoms with Crippen molar-refractivity contribution in [2.45, 2.75) is 27.0 Å². The van der Waals surface area contributed by atoms with Crippen molar-refractivity contribution in [3.05, 3.63) is 59.4 Å². The van der Waals surface area contributed by atoms with Crippen LogP contribution in [0.3, 0.4) is 0 Å². The fourth-order valence-corrected chi connectivity index (χ4v) is 2.51. The van der Waals surface area contributed by atoms with Crippen molar-refractivity contribution in [1.82, 2.24) is 9.99 Å². The van der Waals surface area contributed by atoms with Crippen molar-refractivity contribution in [2.75, 3.05) is 6.61 Å². The summed E-state index contributed by atoms with van der Waals surface area (Å²) in [6.45, 7) is 5.62. The van der Waals surface area contributed by atoms with Gasteiger partial charge in [0.05, 0.1) is 0 Å². The maximum atomic E-state index is 11.8. The van der Waals surface area contributed by atoms with Gasteiger partial charge in [0.2, 0.25) is 18.0 Å². The van der Waals surface area contributed by atoms with E-state index in [4.69, 9.17) is 9.47 Å². The van der Waals surface area contributed by atoms with Gasteiger partial charge in [-0.3, -0.25) is 9.78 Å². The van der Waals surface area contributed by atoms with Gasteiger partial charge in [-0.15, -0.1) is 5.10 Å². The van der Waals surface area contributed by atoms with Gasteiger partial charge in [-0.1, -0.05) is 23.8 Å². The lowest BCUT2D eigenvalue weighted by molar-refractivity contribution is -0.135. The van der Waals surface area contributed by atoms with E-state index in [1.165, 1.54) is 17.5 Å². The number of aryl methyl sites for hydroxylation is 2. The SMILES string of the molecule is CC(=O)N1N=C(COc2ccc(C)cc2C)OC1c1cccnc1. The Bertz CT molecular complexity index is 774. The zero-order valence-corrected chi connectivity index (χ0v) is 13.9. The zero-order valence-electron chi connectivity index (χ0n) is 13.9. The van der Waals surface area contributed by atoms with Crippen molar-refractivity contribution in [1.29, 1.82) is 0 Å². The molecule has 1 aliphatic rings. The van der Waals surface area contributed by atoms with Crippen LogP contribution in [-0.2, 0) is 9.53 Å². The summed E-state index contributed by atoms with van der Waals surface area (Å²) in [7, 11) is 0. The summed E-state index contributed by atoms with van der Waals surface area (Å²) < 4.78 is 11.6. The third-order valence-corrected chi connectivity index (χ3v) is 3.66. The van der Waals surface area contributed by atoms with Crippen LogP contribution in [0.5, 0.6) is 5.75 Å². The predicted octanol–water partition coefficient (Wildman–Crippen LogP) is 2.97. The van der Waals surface area contributed by atoms with Crippen molar-refractivity contribution in [3.8, 4) is 5.75 Å². The van der Waals surface area contributed by atoms with Gasteiger partial charge in [-0.05, 0) is 31.5 Å². The summed E-state index contributed by atoms with van der Waals surface area (Å²) in [5, 5.41) is 5.54. The summed E-state index contributed by atoms with van der Waals surface area (Å²) in [6, 6.07) is 9.59. The van der Waals surface area contributed by atoms with Crippen molar-refractivity contribution in [3.63, 3.8) is 0 Å². The molecule has 1 amide bonds. The molecule has 0 N–H and O–H groups in total. The van der Waals surface area contributed by atoms with E-state index in [1.54, 1.807) is 18.5 Å². The number of hydrogen-bond acceptors (Lipinski definition) is 5. The highest BCUT2D eigenvalue weighted by Crippen LogP contribution is 2.28. The number of amides is 1. The first-order valence-corrected chi connectivity index (χ1v) is 7.68. The van der Waals surface area contributed by atoms with E-state index in [2.05, 4.69) is 10.1 Å². The van der Waals surface area contributed by atoms with Gasteiger partial charge in [0.25, 0.3) is 0 Å².